The molecule has 0 spiro atoms. The second kappa shape index (κ2) is 9.23. The third-order valence-electron chi connectivity index (χ3n) is 2.13. The monoisotopic (exact) mass is 261 g/mol. The summed E-state index contributed by atoms with van der Waals surface area (Å²) in [6.07, 6.45) is 0.442. The Morgan fingerprint density at radius 3 is 2.50 bits per heavy atom. The van der Waals surface area contributed by atoms with Crippen LogP contribution in [0, 0.1) is 5.92 Å². The normalized spacial score (nSPS) is 11.6. The second-order valence-corrected chi connectivity index (χ2v) is 3.60. The van der Waals surface area contributed by atoms with E-state index in [4.69, 9.17) is 15.6 Å². The Balaban J connectivity index is 3.59. The number of hydrogen-bond donors (Lipinski definition) is 4. The van der Waals surface area contributed by atoms with Crippen molar-refractivity contribution in [1.29, 1.82) is 0 Å². The number of carboxylic acids is 1. The zero-order valence-electron chi connectivity index (χ0n) is 10.3. The molecule has 0 aliphatic carbocycles. The number of primary amides is 1. The van der Waals surface area contributed by atoms with Gasteiger partial charge in [-0.15, -0.1) is 0 Å². The van der Waals surface area contributed by atoms with E-state index in [-0.39, 0.29) is 26.3 Å². The molecule has 0 aliphatic rings. The number of carbonyl (C=O) groups is 3. The highest BCUT2D eigenvalue weighted by atomic mass is 16.5. The van der Waals surface area contributed by atoms with Crippen LogP contribution in [0.4, 0.5) is 4.79 Å². The van der Waals surface area contributed by atoms with Crippen LogP contribution in [-0.4, -0.2) is 49.3 Å². The number of nitrogens with one attached hydrogen (secondary N) is 2. The first kappa shape index (κ1) is 16.2. The minimum atomic E-state index is -0.942. The van der Waals surface area contributed by atoms with Gasteiger partial charge in [-0.2, -0.15) is 0 Å². The number of amides is 3. The fourth-order valence-electron chi connectivity index (χ4n) is 1.09. The first-order chi connectivity index (χ1) is 8.47. The number of hydrogen-bond acceptors (Lipinski definition) is 4. The van der Waals surface area contributed by atoms with Crippen molar-refractivity contribution >= 4 is 17.9 Å². The van der Waals surface area contributed by atoms with E-state index in [0.717, 1.165) is 0 Å². The molecule has 0 fully saturated rings. The number of ether oxygens (including phenoxy) is 1. The van der Waals surface area contributed by atoms with E-state index < -0.39 is 23.8 Å². The highest BCUT2D eigenvalue weighted by Crippen LogP contribution is 1.99. The lowest BCUT2D eigenvalue weighted by atomic mass is 10.1. The number of carbonyl (C=O) groups excluding carboxylic acids is 2. The molecule has 0 aromatic carbocycles. The molecule has 104 valence electrons. The first-order valence-electron chi connectivity index (χ1n) is 5.57. The van der Waals surface area contributed by atoms with E-state index in [1.165, 1.54) is 0 Å². The fraction of sp³-hybridized carbons (Fsp3) is 0.700. The summed E-state index contributed by atoms with van der Waals surface area (Å²) < 4.78 is 4.82. The maximum Gasteiger partial charge on any atom is 0.314 e. The summed E-state index contributed by atoms with van der Waals surface area (Å²) in [6, 6.07) is -0.475. The van der Waals surface area contributed by atoms with E-state index in [0.29, 0.717) is 6.42 Å². The smallest absolute Gasteiger partial charge is 0.314 e. The van der Waals surface area contributed by atoms with Gasteiger partial charge in [0.1, 0.15) is 6.61 Å². The summed E-state index contributed by atoms with van der Waals surface area (Å²) in [5, 5.41) is 13.6. The highest BCUT2D eigenvalue weighted by molar-refractivity contribution is 5.76. The van der Waals surface area contributed by atoms with Gasteiger partial charge >= 0.3 is 12.0 Å². The van der Waals surface area contributed by atoms with Gasteiger partial charge < -0.3 is 26.2 Å². The highest BCUT2D eigenvalue weighted by Gasteiger charge is 2.15. The topological polar surface area (TPSA) is 131 Å². The second-order valence-electron chi connectivity index (χ2n) is 3.60. The Hall–Kier alpha value is -1.83. The van der Waals surface area contributed by atoms with Crippen LogP contribution in [0.1, 0.15) is 13.3 Å². The predicted molar refractivity (Wildman–Crippen MR) is 62.8 cm³/mol. The number of rotatable bonds is 9. The van der Waals surface area contributed by atoms with Crippen molar-refractivity contribution < 1.29 is 24.2 Å². The largest absolute Gasteiger partial charge is 0.481 e. The Morgan fingerprint density at radius 2 is 2.00 bits per heavy atom. The molecular formula is C10H19N3O5. The summed E-state index contributed by atoms with van der Waals surface area (Å²) >= 11 is 0. The zero-order chi connectivity index (χ0) is 14.0. The van der Waals surface area contributed by atoms with Gasteiger partial charge in [-0.05, 0) is 6.42 Å². The molecule has 0 saturated carbocycles. The molecule has 0 heterocycles. The van der Waals surface area contributed by atoms with Crippen LogP contribution < -0.4 is 16.4 Å². The maximum absolute atomic E-state index is 11.2. The van der Waals surface area contributed by atoms with Crippen molar-refractivity contribution in [3.63, 3.8) is 0 Å². The molecule has 0 aromatic rings. The predicted octanol–water partition coefficient (Wildman–Crippen LogP) is -1.10. The third-order valence-corrected chi connectivity index (χ3v) is 2.13. The molecule has 1 unspecified atom stereocenters. The van der Waals surface area contributed by atoms with Crippen LogP contribution in [0.25, 0.3) is 0 Å². The molecule has 0 radical (unpaired) electrons. The SMILES string of the molecule is CCC(CNC(=O)NCCOCC(N)=O)C(=O)O. The zero-order valence-corrected chi connectivity index (χ0v) is 10.3. The van der Waals surface area contributed by atoms with Crippen LogP contribution in [0.15, 0.2) is 0 Å². The van der Waals surface area contributed by atoms with Gasteiger partial charge in [-0.25, -0.2) is 4.79 Å². The lowest BCUT2D eigenvalue weighted by molar-refractivity contribution is -0.141. The third kappa shape index (κ3) is 8.34. The summed E-state index contributed by atoms with van der Waals surface area (Å²) in [5.41, 5.74) is 4.84. The van der Waals surface area contributed by atoms with Crippen LogP contribution in [0.2, 0.25) is 0 Å². The van der Waals surface area contributed by atoms with Crippen molar-refractivity contribution in [3.8, 4) is 0 Å². The molecule has 8 heteroatoms. The van der Waals surface area contributed by atoms with Crippen molar-refractivity contribution in [2.24, 2.45) is 11.7 Å². The van der Waals surface area contributed by atoms with Crippen molar-refractivity contribution in [1.82, 2.24) is 10.6 Å². The maximum atomic E-state index is 11.2. The summed E-state index contributed by atoms with van der Waals surface area (Å²) in [6.45, 7) is 1.98. The molecule has 0 aromatic heterocycles. The summed E-state index contributed by atoms with van der Waals surface area (Å²) in [4.78, 5) is 32.2. The Kier molecular flexibility index (Phi) is 8.29. The van der Waals surface area contributed by atoms with Gasteiger partial charge in [0, 0.05) is 13.1 Å². The Morgan fingerprint density at radius 1 is 1.33 bits per heavy atom. The number of aliphatic carboxylic acids is 1. The van der Waals surface area contributed by atoms with E-state index >= 15 is 0 Å². The van der Waals surface area contributed by atoms with Crippen LogP contribution in [0.3, 0.4) is 0 Å². The van der Waals surface area contributed by atoms with Crippen LogP contribution in [-0.2, 0) is 14.3 Å². The molecule has 5 N–H and O–H groups in total. The molecule has 0 saturated heterocycles. The molecule has 18 heavy (non-hydrogen) atoms. The van der Waals surface area contributed by atoms with Gasteiger partial charge in [0.15, 0.2) is 0 Å². The number of carboxylic acid groups (broad SMARTS) is 1. The van der Waals surface area contributed by atoms with Crippen molar-refractivity contribution in [2.75, 3.05) is 26.3 Å². The average molecular weight is 261 g/mol. The average Bonchev–Trinajstić information content (AvgIpc) is 2.28. The lowest BCUT2D eigenvalue weighted by Gasteiger charge is -2.11. The fourth-order valence-corrected chi connectivity index (χ4v) is 1.09. The van der Waals surface area contributed by atoms with Crippen LogP contribution in [0.5, 0.6) is 0 Å². The molecule has 0 aliphatic heterocycles. The molecule has 0 rings (SSSR count). The number of urea groups is 1. The molecular weight excluding hydrogens is 242 g/mol. The molecule has 8 nitrogen and oxygen atoms in total. The standard InChI is InChI=1S/C10H19N3O5/c1-2-7(9(15)16)5-13-10(17)12-3-4-18-6-8(11)14/h7H,2-6H2,1H3,(H2,11,14)(H,15,16)(H2,12,13,17). The molecule has 3 amide bonds. The van der Waals surface area contributed by atoms with Crippen molar-refractivity contribution in [2.45, 2.75) is 13.3 Å². The molecule has 1 atom stereocenters. The Labute approximate surface area is 105 Å². The van der Waals surface area contributed by atoms with E-state index in [2.05, 4.69) is 10.6 Å². The quantitative estimate of drug-likeness (QED) is 0.391. The Bertz CT molecular complexity index is 295. The van der Waals surface area contributed by atoms with Gasteiger partial charge in [-0.3, -0.25) is 9.59 Å². The van der Waals surface area contributed by atoms with Gasteiger partial charge in [-0.1, -0.05) is 6.92 Å². The van der Waals surface area contributed by atoms with Gasteiger partial charge in [0.25, 0.3) is 0 Å². The lowest BCUT2D eigenvalue weighted by Crippen LogP contribution is -2.41. The van der Waals surface area contributed by atoms with Crippen LogP contribution >= 0.6 is 0 Å². The van der Waals surface area contributed by atoms with Crippen molar-refractivity contribution in [3.05, 3.63) is 0 Å². The van der Waals surface area contributed by atoms with E-state index in [1.807, 2.05) is 0 Å². The number of nitrogens with two attached hydrogens (primary N) is 1. The minimum absolute atomic E-state index is 0.0693. The molecule has 0 bridgehead atoms. The minimum Gasteiger partial charge on any atom is -0.481 e. The summed E-state index contributed by atoms with van der Waals surface area (Å²) in [7, 11) is 0. The van der Waals surface area contributed by atoms with Gasteiger partial charge in [0.2, 0.25) is 5.91 Å². The van der Waals surface area contributed by atoms with E-state index in [9.17, 15) is 14.4 Å². The van der Waals surface area contributed by atoms with Gasteiger partial charge in [0.05, 0.1) is 12.5 Å². The first-order valence-corrected chi connectivity index (χ1v) is 5.57. The van der Waals surface area contributed by atoms with E-state index in [1.54, 1.807) is 6.92 Å². The summed E-state index contributed by atoms with van der Waals surface area (Å²) in [5.74, 6) is -2.11.